The zero-order valence-corrected chi connectivity index (χ0v) is 18.2. The van der Waals surface area contributed by atoms with Gasteiger partial charge < -0.3 is 10.2 Å². The van der Waals surface area contributed by atoms with Crippen LogP contribution in [0.15, 0.2) is 42.6 Å². The fourth-order valence-electron chi connectivity index (χ4n) is 3.09. The maximum atomic E-state index is 12.7. The van der Waals surface area contributed by atoms with E-state index in [1.807, 2.05) is 31.2 Å². The number of anilines is 1. The third-order valence-electron chi connectivity index (χ3n) is 4.86. The van der Waals surface area contributed by atoms with Crippen molar-refractivity contribution in [2.45, 2.75) is 39.8 Å². The average Bonchev–Trinajstić information content (AvgIpc) is 3.25. The molecule has 0 spiro atoms. The van der Waals surface area contributed by atoms with E-state index in [0.717, 1.165) is 30.0 Å². The van der Waals surface area contributed by atoms with E-state index in [4.69, 9.17) is 11.6 Å². The first-order valence-corrected chi connectivity index (χ1v) is 10.5. The van der Waals surface area contributed by atoms with Crippen molar-refractivity contribution < 1.29 is 4.79 Å². The second-order valence-corrected chi connectivity index (χ2v) is 7.22. The van der Waals surface area contributed by atoms with Gasteiger partial charge in [0.05, 0.1) is 0 Å². The molecule has 1 N–H and O–H groups in total. The van der Waals surface area contributed by atoms with Crippen LogP contribution in [0.5, 0.6) is 0 Å². The number of pyridine rings is 1. The van der Waals surface area contributed by atoms with E-state index in [2.05, 4.69) is 44.5 Å². The molecule has 158 valence electrons. The predicted octanol–water partition coefficient (Wildman–Crippen LogP) is 3.50. The van der Waals surface area contributed by atoms with Crippen LogP contribution in [0.1, 0.15) is 38.8 Å². The monoisotopic (exact) mass is 427 g/mol. The van der Waals surface area contributed by atoms with Crippen LogP contribution in [0.4, 0.5) is 5.82 Å². The number of benzene rings is 1. The number of halogens is 1. The third kappa shape index (κ3) is 5.13. The number of hydrogen-bond donors (Lipinski definition) is 1. The highest BCUT2D eigenvalue weighted by molar-refractivity contribution is 6.30. The molecule has 0 aliphatic rings. The van der Waals surface area contributed by atoms with Crippen LogP contribution in [-0.4, -0.2) is 44.2 Å². The lowest BCUT2D eigenvalue weighted by molar-refractivity contribution is -0.125. The molecule has 3 rings (SSSR count). The van der Waals surface area contributed by atoms with Crippen LogP contribution in [0.2, 0.25) is 5.02 Å². The number of carbonyl (C=O) groups excluding carboxylic acids is 1. The van der Waals surface area contributed by atoms with E-state index in [9.17, 15) is 4.79 Å². The zero-order chi connectivity index (χ0) is 21.5. The highest BCUT2D eigenvalue weighted by Crippen LogP contribution is 2.18. The molecule has 0 aliphatic heterocycles. The summed E-state index contributed by atoms with van der Waals surface area (Å²) in [4.78, 5) is 20.7. The molecule has 0 bridgehead atoms. The number of nitrogens with one attached hydrogen (secondary N) is 1. The standard InChI is InChI=1S/C21H26ClN7O/c1-4-18(29-26-20(25-27-29)16-8-10-17(22)11-9-16)21(30)24-14-15-7-12-19(23-13-15)28(5-2)6-3/h7-13,18H,4-6,14H2,1-3H3,(H,24,30). The van der Waals surface area contributed by atoms with Gasteiger partial charge in [-0.2, -0.15) is 4.80 Å². The van der Waals surface area contributed by atoms with Crippen molar-refractivity contribution in [1.82, 2.24) is 30.5 Å². The predicted molar refractivity (Wildman–Crippen MR) is 117 cm³/mol. The Morgan fingerprint density at radius 1 is 1.13 bits per heavy atom. The Morgan fingerprint density at radius 3 is 2.47 bits per heavy atom. The van der Waals surface area contributed by atoms with Crippen molar-refractivity contribution in [3.8, 4) is 11.4 Å². The average molecular weight is 428 g/mol. The molecule has 1 unspecified atom stereocenters. The number of amides is 1. The van der Waals surface area contributed by atoms with Gasteiger partial charge in [0, 0.05) is 36.4 Å². The van der Waals surface area contributed by atoms with Gasteiger partial charge in [0.2, 0.25) is 11.7 Å². The molecule has 1 aromatic carbocycles. The molecule has 8 nitrogen and oxygen atoms in total. The quantitative estimate of drug-likeness (QED) is 0.562. The first-order chi connectivity index (χ1) is 14.5. The minimum atomic E-state index is -0.540. The minimum absolute atomic E-state index is 0.162. The van der Waals surface area contributed by atoms with Crippen LogP contribution >= 0.6 is 11.6 Å². The lowest BCUT2D eigenvalue weighted by Crippen LogP contribution is -2.33. The molecule has 0 saturated carbocycles. The van der Waals surface area contributed by atoms with Crippen LogP contribution in [0.25, 0.3) is 11.4 Å². The van der Waals surface area contributed by atoms with Crippen molar-refractivity contribution in [2.24, 2.45) is 0 Å². The second kappa shape index (κ2) is 10.2. The number of rotatable bonds is 9. The van der Waals surface area contributed by atoms with Crippen LogP contribution in [0, 0.1) is 0 Å². The number of nitrogens with zero attached hydrogens (tertiary/aromatic N) is 6. The lowest BCUT2D eigenvalue weighted by Gasteiger charge is -2.19. The molecule has 0 radical (unpaired) electrons. The molecule has 0 fully saturated rings. The molecule has 0 aliphatic carbocycles. The van der Waals surface area contributed by atoms with Crippen molar-refractivity contribution in [2.75, 3.05) is 18.0 Å². The maximum Gasteiger partial charge on any atom is 0.247 e. The summed E-state index contributed by atoms with van der Waals surface area (Å²) >= 11 is 5.92. The van der Waals surface area contributed by atoms with Gasteiger partial charge in [-0.25, -0.2) is 4.98 Å². The van der Waals surface area contributed by atoms with E-state index in [-0.39, 0.29) is 5.91 Å². The fraction of sp³-hybridized carbons (Fsp3) is 0.381. The Morgan fingerprint density at radius 2 is 1.87 bits per heavy atom. The fourth-order valence-corrected chi connectivity index (χ4v) is 3.21. The Labute approximate surface area is 181 Å². The summed E-state index contributed by atoms with van der Waals surface area (Å²) in [6.07, 6.45) is 2.34. The SMILES string of the molecule is CCC(C(=O)NCc1ccc(N(CC)CC)nc1)n1nnc(-c2ccc(Cl)cc2)n1. The summed E-state index contributed by atoms with van der Waals surface area (Å²) < 4.78 is 0. The van der Waals surface area contributed by atoms with Gasteiger partial charge in [0.15, 0.2) is 6.04 Å². The Balaban J connectivity index is 1.63. The van der Waals surface area contributed by atoms with Crippen LogP contribution in [0.3, 0.4) is 0 Å². The smallest absolute Gasteiger partial charge is 0.247 e. The summed E-state index contributed by atoms with van der Waals surface area (Å²) in [5, 5.41) is 16.1. The summed E-state index contributed by atoms with van der Waals surface area (Å²) in [7, 11) is 0. The second-order valence-electron chi connectivity index (χ2n) is 6.78. The molecule has 2 heterocycles. The summed E-state index contributed by atoms with van der Waals surface area (Å²) in [5.74, 6) is 1.22. The largest absolute Gasteiger partial charge is 0.357 e. The summed E-state index contributed by atoms with van der Waals surface area (Å²) in [6, 6.07) is 10.6. The van der Waals surface area contributed by atoms with Gasteiger partial charge in [-0.3, -0.25) is 4.79 Å². The molecule has 1 atom stereocenters. The van der Waals surface area contributed by atoms with Gasteiger partial charge in [-0.1, -0.05) is 24.6 Å². The van der Waals surface area contributed by atoms with Crippen LogP contribution in [-0.2, 0) is 11.3 Å². The van der Waals surface area contributed by atoms with Crippen molar-refractivity contribution in [1.29, 1.82) is 0 Å². The van der Waals surface area contributed by atoms with E-state index >= 15 is 0 Å². The van der Waals surface area contributed by atoms with E-state index in [0.29, 0.717) is 23.8 Å². The topological polar surface area (TPSA) is 88.8 Å². The van der Waals surface area contributed by atoms with E-state index in [1.54, 1.807) is 18.3 Å². The summed E-state index contributed by atoms with van der Waals surface area (Å²) in [5.41, 5.74) is 1.72. The molecule has 9 heteroatoms. The zero-order valence-electron chi connectivity index (χ0n) is 17.4. The Kier molecular flexibility index (Phi) is 7.35. The molecule has 2 aromatic heterocycles. The molecule has 0 saturated heterocycles. The van der Waals surface area contributed by atoms with Crippen LogP contribution < -0.4 is 10.2 Å². The first kappa shape index (κ1) is 21.7. The number of tetrazole rings is 1. The van der Waals surface area contributed by atoms with Gasteiger partial charge in [-0.15, -0.1) is 10.2 Å². The minimum Gasteiger partial charge on any atom is -0.357 e. The third-order valence-corrected chi connectivity index (χ3v) is 5.11. The number of hydrogen-bond acceptors (Lipinski definition) is 6. The Bertz CT molecular complexity index is 952. The highest BCUT2D eigenvalue weighted by atomic mass is 35.5. The van der Waals surface area contributed by atoms with E-state index in [1.165, 1.54) is 4.80 Å². The molecular formula is C21H26ClN7O. The molecular weight excluding hydrogens is 402 g/mol. The van der Waals surface area contributed by atoms with Crippen molar-refractivity contribution >= 4 is 23.3 Å². The molecule has 1 amide bonds. The van der Waals surface area contributed by atoms with Gasteiger partial charge >= 0.3 is 0 Å². The first-order valence-electron chi connectivity index (χ1n) is 10.1. The van der Waals surface area contributed by atoms with Crippen molar-refractivity contribution in [3.05, 3.63) is 53.2 Å². The summed E-state index contributed by atoms with van der Waals surface area (Å²) in [6.45, 7) is 8.30. The number of carbonyl (C=O) groups is 1. The lowest BCUT2D eigenvalue weighted by atomic mass is 10.2. The van der Waals surface area contributed by atoms with Gasteiger partial charge in [0.25, 0.3) is 0 Å². The number of aromatic nitrogens is 5. The Hall–Kier alpha value is -3.00. The molecule has 30 heavy (non-hydrogen) atoms. The highest BCUT2D eigenvalue weighted by Gasteiger charge is 2.22. The van der Waals surface area contributed by atoms with Crippen molar-refractivity contribution in [3.63, 3.8) is 0 Å². The normalized spacial score (nSPS) is 11.9. The van der Waals surface area contributed by atoms with E-state index < -0.39 is 6.04 Å². The van der Waals surface area contributed by atoms with Gasteiger partial charge in [0.1, 0.15) is 5.82 Å². The molecule has 3 aromatic rings. The van der Waals surface area contributed by atoms with Gasteiger partial charge in [-0.05, 0) is 61.4 Å². The maximum absolute atomic E-state index is 12.7.